The van der Waals surface area contributed by atoms with Crippen molar-refractivity contribution in [2.75, 3.05) is 51.9 Å². The lowest BCUT2D eigenvalue weighted by molar-refractivity contribution is -0.136. The van der Waals surface area contributed by atoms with Gasteiger partial charge >= 0.3 is 6.03 Å². The molecule has 14 N–H and O–H groups in total. The highest BCUT2D eigenvalue weighted by molar-refractivity contribution is 8.00. The zero-order valence-corrected chi connectivity index (χ0v) is 57.8. The fraction of sp³-hybridized carbons (Fsp3) is 0.522. The quantitative estimate of drug-likeness (QED) is 0.0233. The number of nitrogens with zero attached hydrogens (tertiary/aromatic N) is 4. The van der Waals surface area contributed by atoms with Crippen molar-refractivity contribution >= 4 is 87.8 Å². The van der Waals surface area contributed by atoms with Gasteiger partial charge in [0, 0.05) is 86.5 Å². The predicted molar refractivity (Wildman–Crippen MR) is 370 cm³/mol. The molecule has 0 aliphatic carbocycles. The maximum Gasteiger partial charge on any atom is 0.315 e. The van der Waals surface area contributed by atoms with Gasteiger partial charge in [-0.3, -0.25) is 52.6 Å². The average molecular weight is 1420 g/mol. The average Bonchev–Trinajstić information content (AvgIpc) is 1.71. The summed E-state index contributed by atoms with van der Waals surface area (Å²) in [6.07, 6.45) is 5.28. The molecule has 2 bridgehead atoms. The Labute approximate surface area is 588 Å². The van der Waals surface area contributed by atoms with E-state index in [0.29, 0.717) is 41.3 Å². The number of nitrogens with one attached hydrogen (secondary N) is 10. The molecule has 0 spiro atoms. The second kappa shape index (κ2) is 38.9. The van der Waals surface area contributed by atoms with Crippen LogP contribution in [0.3, 0.4) is 0 Å². The highest BCUT2D eigenvalue weighted by Crippen LogP contribution is 2.33. The van der Waals surface area contributed by atoms with Crippen molar-refractivity contribution in [3.8, 4) is 0 Å². The Morgan fingerprint density at radius 2 is 1.28 bits per heavy atom. The Morgan fingerprint density at radius 1 is 0.663 bits per heavy atom. The molecule has 2 fully saturated rings. The third kappa shape index (κ3) is 24.7. The van der Waals surface area contributed by atoms with Crippen LogP contribution in [0.1, 0.15) is 94.0 Å². The molecule has 5 heterocycles. The van der Waals surface area contributed by atoms with Crippen LogP contribution in [-0.4, -0.2) is 196 Å². The largest absolute Gasteiger partial charge is 0.377 e. The number of rotatable bonds is 28. The topological polar surface area (TPSA) is 423 Å². The molecule has 3 aliphatic heterocycles. The van der Waals surface area contributed by atoms with Crippen LogP contribution in [0.25, 0.3) is 10.9 Å². The number of amides is 12. The van der Waals surface area contributed by atoms with Crippen LogP contribution in [0, 0.1) is 11.7 Å². The maximum atomic E-state index is 15.1. The number of benzene rings is 3. The van der Waals surface area contributed by atoms with Crippen molar-refractivity contribution in [3.63, 3.8) is 0 Å². The molecule has 8 rings (SSSR count). The SMILES string of the molecule is CC(C)C[C@H]1NC(=O)[C@@H](CC(N)=O)NC(=O)[C@@H](NC(=O)COCCOCCOCCNC(=O)CCCC[C@H]2SCC3NC(=O)N[C@H]32)Cc2cn(nn2)CCCC[C@@H](C(N)=O)NC(=O)[C@@H](Cc2ccc(F)cc2)NC(=O)[C@@H](Cc2cn(C)c3ccccc23)NC(=O)[C@@H](Cc2ccccc2)NC1=O. The molecule has 12 amide bonds. The number of nitrogens with two attached hydrogens (primary N) is 2. The normalized spacial score (nSPS) is 22.8. The summed E-state index contributed by atoms with van der Waals surface area (Å²) in [6.45, 7) is 4.20. The summed E-state index contributed by atoms with van der Waals surface area (Å²) < 4.78 is 34.3. The van der Waals surface area contributed by atoms with Crippen molar-refractivity contribution < 1.29 is 71.3 Å². The molecule has 1 unspecified atom stereocenters. The van der Waals surface area contributed by atoms with E-state index in [0.717, 1.165) is 35.9 Å². The van der Waals surface area contributed by atoms with E-state index in [2.05, 4.69) is 63.5 Å². The highest BCUT2D eigenvalue weighted by Gasteiger charge is 2.43. The van der Waals surface area contributed by atoms with E-state index in [4.69, 9.17) is 25.7 Å². The molecule has 0 radical (unpaired) electrons. The van der Waals surface area contributed by atoms with Gasteiger partial charge in [0.15, 0.2) is 0 Å². The standard InChI is InChI=1S/C69H93FN16O14S/c1-41(2)31-49-63(91)77-50(32-42-13-5-4-6-14-42)65(93)79-52(34-44-37-85(3)56-17-8-7-15-47(44)56)66(94)78-51(33-43-20-22-45(70)23-21-43)64(92)75-48(62(72)90)16-11-12-25-86-38-46(83-84-86)35-53(67(95)80-54(36-58(71)87)68(96)76-49)74-60(89)39-100-30-29-99-28-27-98-26-24-73-59(88)19-10-9-18-57-61-55(40-101-57)81-69(97)82-61/h4-8,13-15,17,20-23,37-38,41,48-55,57,61H,9-12,16,18-19,24-36,39-40H2,1-3H3,(H2,71,87)(H2,72,90)(H,73,88)(H,74,89)(H,75,92)(H,76,96)(H,77,91)(H,78,94)(H,79,93)(H,80,95)(H2,81,82,97)/t48-,49+,50+,51+,52+,53-,54+,55?,57+,61+/m0/s1. The van der Waals surface area contributed by atoms with Crippen LogP contribution in [0.2, 0.25) is 0 Å². The first-order valence-corrected chi connectivity index (χ1v) is 35.2. The summed E-state index contributed by atoms with van der Waals surface area (Å²) >= 11 is 1.84. The zero-order chi connectivity index (χ0) is 72.4. The lowest BCUT2D eigenvalue weighted by Gasteiger charge is -2.28. The van der Waals surface area contributed by atoms with Gasteiger partial charge in [0.2, 0.25) is 59.1 Å². The molecule has 5 aromatic rings. The molecule has 2 aromatic heterocycles. The van der Waals surface area contributed by atoms with Crippen molar-refractivity contribution in [3.05, 3.63) is 119 Å². The minimum Gasteiger partial charge on any atom is -0.377 e. The number of fused-ring (bicyclic) bond motifs is 4. The number of carbonyl (C=O) groups is 11. The van der Waals surface area contributed by atoms with Crippen LogP contribution in [0.5, 0.6) is 0 Å². The van der Waals surface area contributed by atoms with Gasteiger partial charge in [0.1, 0.15) is 54.7 Å². The van der Waals surface area contributed by atoms with E-state index in [1.165, 1.54) is 35.1 Å². The van der Waals surface area contributed by atoms with Gasteiger partial charge in [-0.25, -0.2) is 9.18 Å². The summed E-state index contributed by atoms with van der Waals surface area (Å²) in [7, 11) is 1.82. The Bertz CT molecular complexity index is 3660. The fourth-order valence-corrected chi connectivity index (χ4v) is 13.8. The summed E-state index contributed by atoms with van der Waals surface area (Å²) in [6, 6.07) is 11.2. The first-order valence-electron chi connectivity index (χ1n) is 34.1. The summed E-state index contributed by atoms with van der Waals surface area (Å²) in [4.78, 5) is 152. The highest BCUT2D eigenvalue weighted by atomic mass is 32.2. The lowest BCUT2D eigenvalue weighted by Crippen LogP contribution is -2.61. The molecule has 10 atom stereocenters. The summed E-state index contributed by atoms with van der Waals surface area (Å²) in [5.74, 6) is -8.04. The molecular weight excluding hydrogens is 1330 g/mol. The van der Waals surface area contributed by atoms with E-state index >= 15 is 9.59 Å². The maximum absolute atomic E-state index is 15.1. The van der Waals surface area contributed by atoms with Crippen LogP contribution in [0.4, 0.5) is 9.18 Å². The molecule has 32 heteroatoms. The van der Waals surface area contributed by atoms with Gasteiger partial charge in [-0.1, -0.05) is 86.1 Å². The number of aryl methyl sites for hydroxylation is 2. The van der Waals surface area contributed by atoms with E-state index in [1.807, 2.05) is 47.6 Å². The zero-order valence-electron chi connectivity index (χ0n) is 57.0. The second-order valence-corrected chi connectivity index (χ2v) is 27.1. The van der Waals surface area contributed by atoms with Gasteiger partial charge in [-0.2, -0.15) is 11.8 Å². The Balaban J connectivity index is 0.954. The third-order valence-corrected chi connectivity index (χ3v) is 18.9. The van der Waals surface area contributed by atoms with E-state index in [1.54, 1.807) is 50.4 Å². The minimum atomic E-state index is -1.72. The fourth-order valence-electron chi connectivity index (χ4n) is 12.2. The van der Waals surface area contributed by atoms with Gasteiger partial charge in [-0.15, -0.1) is 5.10 Å². The number of carbonyl (C=O) groups excluding carboxylic acids is 11. The first-order chi connectivity index (χ1) is 48.5. The number of hydrogen-bond donors (Lipinski definition) is 12. The minimum absolute atomic E-state index is 0.0253. The number of ether oxygens (including phenoxy) is 3. The van der Waals surface area contributed by atoms with Gasteiger partial charge in [0.05, 0.1) is 57.2 Å². The summed E-state index contributed by atoms with van der Waals surface area (Å²) in [5, 5.41) is 37.2. The van der Waals surface area contributed by atoms with Gasteiger partial charge in [-0.05, 0) is 79.3 Å². The van der Waals surface area contributed by atoms with Crippen molar-refractivity contribution in [1.29, 1.82) is 0 Å². The molecule has 2 saturated heterocycles. The monoisotopic (exact) mass is 1420 g/mol. The van der Waals surface area contributed by atoms with Crippen molar-refractivity contribution in [2.45, 2.75) is 163 Å². The van der Waals surface area contributed by atoms with Crippen LogP contribution >= 0.6 is 11.8 Å². The van der Waals surface area contributed by atoms with E-state index in [-0.39, 0.29) is 120 Å². The molecule has 101 heavy (non-hydrogen) atoms. The van der Waals surface area contributed by atoms with Gasteiger partial charge < -0.3 is 83.4 Å². The predicted octanol–water partition coefficient (Wildman–Crippen LogP) is 0.0556. The number of para-hydroxylation sites is 1. The number of urea groups is 1. The number of unbranched alkanes of at least 4 members (excludes halogenated alkanes) is 1. The van der Waals surface area contributed by atoms with Crippen molar-refractivity contribution in [2.24, 2.45) is 24.4 Å². The Morgan fingerprint density at radius 3 is 1.97 bits per heavy atom. The number of primary amides is 2. The van der Waals surface area contributed by atoms with Crippen LogP contribution < -0.4 is 64.6 Å². The molecule has 30 nitrogen and oxygen atoms in total. The van der Waals surface area contributed by atoms with E-state index < -0.39 is 114 Å². The number of halogens is 1. The molecular formula is C69H93FN16O14S. The van der Waals surface area contributed by atoms with E-state index in [9.17, 15) is 47.5 Å². The number of aromatic nitrogens is 4. The molecule has 546 valence electrons. The van der Waals surface area contributed by atoms with Gasteiger partial charge in [0.25, 0.3) is 0 Å². The number of hydrogen-bond acceptors (Lipinski definition) is 17. The second-order valence-electron chi connectivity index (χ2n) is 25.9. The first kappa shape index (κ1) is 77.2. The number of thioether (sulfide) groups is 1. The Hall–Kier alpha value is -9.53. The third-order valence-electron chi connectivity index (χ3n) is 17.4. The van der Waals surface area contributed by atoms with Crippen LogP contribution in [0.15, 0.2) is 91.3 Å². The molecule has 3 aromatic carbocycles. The molecule has 3 aliphatic rings. The summed E-state index contributed by atoms with van der Waals surface area (Å²) in [5.41, 5.74) is 14.2. The smallest absolute Gasteiger partial charge is 0.315 e. The van der Waals surface area contributed by atoms with Crippen LogP contribution in [-0.2, 0) is 101 Å². The molecule has 0 saturated carbocycles. The Kier molecular flexibility index (Phi) is 29.7. The van der Waals surface area contributed by atoms with Crippen molar-refractivity contribution in [1.82, 2.24) is 72.7 Å². The lowest BCUT2D eigenvalue weighted by atomic mass is 9.99.